The van der Waals surface area contributed by atoms with Crippen molar-refractivity contribution in [3.05, 3.63) is 352 Å². The summed E-state index contributed by atoms with van der Waals surface area (Å²) in [5.41, 5.74) is 24.9. The molecule has 674 valence electrons. The largest absolute Gasteiger partial charge is 0.477 e. The predicted octanol–water partition coefficient (Wildman–Crippen LogP) is 20.1. The molecule has 0 aliphatic rings. The van der Waals surface area contributed by atoms with E-state index in [1.807, 2.05) is 241 Å². The van der Waals surface area contributed by atoms with Crippen LogP contribution in [0.1, 0.15) is 120 Å². The molecule has 33 heteroatoms. The number of nitrogens with zero attached hydrogens (tertiary/aromatic N) is 7. The summed E-state index contributed by atoms with van der Waals surface area (Å²) in [4.78, 5) is 96.6. The average molecular weight is 1840 g/mol. The molecule has 2 amide bonds. The van der Waals surface area contributed by atoms with Gasteiger partial charge in [0, 0.05) is 96.1 Å². The Morgan fingerprint density at radius 3 is 1.18 bits per heavy atom. The van der Waals surface area contributed by atoms with Crippen molar-refractivity contribution in [2.45, 2.75) is 89.6 Å². The van der Waals surface area contributed by atoms with Gasteiger partial charge >= 0.3 is 23.9 Å². The van der Waals surface area contributed by atoms with Gasteiger partial charge in [-0.3, -0.25) is 46.8 Å². The van der Waals surface area contributed by atoms with Gasteiger partial charge in [0.25, 0.3) is 5.91 Å². The number of nitrogens with two attached hydrogens (primary N) is 1. The number of carbonyl (C=O) groups excluding carboxylic acids is 6. The normalized spacial score (nSPS) is 10.2. The third kappa shape index (κ3) is 31.8. The summed E-state index contributed by atoms with van der Waals surface area (Å²) in [5, 5.41) is 24.3. The Morgan fingerprint density at radius 1 is 0.434 bits per heavy atom. The lowest BCUT2D eigenvalue weighted by molar-refractivity contribution is -0.142. The van der Waals surface area contributed by atoms with Crippen molar-refractivity contribution >= 4 is 126 Å². The van der Waals surface area contributed by atoms with E-state index in [4.69, 9.17) is 91.2 Å². The summed E-state index contributed by atoms with van der Waals surface area (Å²) in [6.07, 6.45) is 8.79. The molecular formula is C96H106FN15O12S5. The number of esters is 3. The number of imidazole rings is 5. The Balaban J connectivity index is 0.000000204. The highest BCUT2D eigenvalue weighted by molar-refractivity contribution is 7.72. The Labute approximate surface area is 773 Å². The van der Waals surface area contributed by atoms with Gasteiger partial charge in [0.2, 0.25) is 5.91 Å². The van der Waals surface area contributed by atoms with Crippen LogP contribution in [0.25, 0.3) is 28.4 Å². The third-order valence-electron chi connectivity index (χ3n) is 18.6. The van der Waals surface area contributed by atoms with E-state index in [1.165, 1.54) is 68.9 Å². The molecule has 0 unspecified atom stereocenters. The van der Waals surface area contributed by atoms with E-state index >= 15 is 0 Å². The first-order valence-electron chi connectivity index (χ1n) is 40.5. The van der Waals surface area contributed by atoms with E-state index in [0.29, 0.717) is 73.0 Å². The summed E-state index contributed by atoms with van der Waals surface area (Å²) in [6.45, 7) is 24.3. The highest BCUT2D eigenvalue weighted by Gasteiger charge is 2.21. The minimum Gasteiger partial charge on any atom is -0.477 e. The molecule has 14 rings (SSSR count). The highest BCUT2D eigenvalue weighted by Crippen LogP contribution is 2.23. The molecule has 0 saturated heterocycles. The molecule has 11 N–H and O–H groups in total. The zero-order valence-corrected chi connectivity index (χ0v) is 77.9. The Hall–Kier alpha value is -14.1. The van der Waals surface area contributed by atoms with Crippen molar-refractivity contribution in [3.63, 3.8) is 0 Å². The zero-order valence-electron chi connectivity index (χ0n) is 73.8. The molecule has 0 spiro atoms. The summed E-state index contributed by atoms with van der Waals surface area (Å²) < 4.78 is 38.5. The van der Waals surface area contributed by atoms with Gasteiger partial charge in [-0.25, -0.2) is 14.0 Å². The molecule has 0 aliphatic heterocycles. The van der Waals surface area contributed by atoms with Crippen molar-refractivity contribution in [2.75, 3.05) is 68.0 Å². The smallest absolute Gasteiger partial charge is 0.356 e. The second kappa shape index (κ2) is 51.5. The fraction of sp³-hybridized carbons (Fsp3) is 0.208. The van der Waals surface area contributed by atoms with Crippen molar-refractivity contribution < 1.29 is 62.4 Å². The van der Waals surface area contributed by atoms with Crippen LogP contribution < -0.4 is 21.3 Å². The van der Waals surface area contributed by atoms with Crippen LogP contribution >= 0.6 is 61.1 Å². The number of anilines is 4. The lowest BCUT2D eigenvalue weighted by Gasteiger charge is -2.20. The Bertz CT molecular complexity index is 6270. The summed E-state index contributed by atoms with van der Waals surface area (Å²) in [5.74, 6) is -2.73. The number of H-pyrrole nitrogens is 5. The van der Waals surface area contributed by atoms with Crippen LogP contribution in [-0.2, 0) is 35.1 Å². The topological polar surface area (TPSA) is 348 Å². The number of aliphatic hydroxyl groups excluding tert-OH is 1. The monoisotopic (exact) mass is 1840 g/mol. The summed E-state index contributed by atoms with van der Waals surface area (Å²) >= 11 is 25.9. The minimum absolute atomic E-state index is 0.0494. The number of halogens is 1. The number of nitrogens with one attached hydrogen (secondary N) is 7. The number of hydrogen-bond acceptors (Lipinski definition) is 19. The number of nitrogen functional groups attached to an aromatic ring is 1. The van der Waals surface area contributed by atoms with Crippen molar-refractivity contribution in [1.82, 2.24) is 52.7 Å². The number of hydrogen-bond donors (Lipinski definition) is 10. The van der Waals surface area contributed by atoms with Gasteiger partial charge in [-0.1, -0.05) is 142 Å². The van der Waals surface area contributed by atoms with Crippen LogP contribution in [0.15, 0.2) is 249 Å². The SMILES string of the molecule is CCOC(=O)CN(C(C)=O)c1ccc(C)cc1.CCOC(=O)CNc1ccc(C)cc1.CCOC(=O)c1c[nH]c(=S)n1-c1ccc(C)cc1.Cc1ccc(-n2c(C(=O)N(C)CO)c[nH]c2=S)cc1.Cc1ccc(-n2c(C(=O)O)c[nH]c2=S)cc1.Cc1ccc(-n2c(C=O)c[nH]c2=S)cc1.Cc1ccc(-n2c(CNc3ccc(F)cc3)c[nH]c2=S)cc1.Cc1ccc(N)cc1. The van der Waals surface area contributed by atoms with E-state index in [1.54, 1.807) is 65.2 Å². The molecule has 129 heavy (non-hydrogen) atoms. The van der Waals surface area contributed by atoms with E-state index in [2.05, 4.69) is 54.6 Å². The molecule has 9 aromatic carbocycles. The number of aliphatic hydroxyl groups is 1. The Morgan fingerprint density at radius 2 is 0.767 bits per heavy atom. The second-order valence-electron chi connectivity index (χ2n) is 28.7. The number of benzene rings is 9. The third-order valence-corrected chi connectivity index (χ3v) is 20.1. The standard InChI is InChI=1S/C17H16FN3S.C13H15N3O2S.C13H14N2O2S.C13H17NO3.C11H10N2O2S.C11H10N2OS.C11H15NO2.C7H9N/c1-12-2-8-15(9-3-12)21-16(11-20-17(21)22)10-19-14-6-4-13(18)5-7-14;1-9-3-5-10(6-4-9)16-11(7-14-13(16)19)12(18)15(2)8-17;1-3-17-12(16)11-8-14-13(18)15(11)10-6-4-9(2)5-7-10;1-4-17-13(16)9-14(11(3)15)12-7-5-10(2)6-8-12;1-7-2-4-8(5-3-7)13-9(10(14)15)6-12-11(13)16;1-8-2-4-9(5-3-8)13-10(7-14)6-12-11(13)15;1-3-14-11(13)8-12-10-6-4-9(2)5-7-10;1-6-2-4-7(8)5-3-6/h2-9,11,19H,10H2,1H3,(H,20,22);3-7,17H,8H2,1-2H3,(H,14,19);4-8H,3H2,1-2H3,(H,14,18);5-8H,4,9H2,1-3H3;2-6H,1H3,(H,12,16)(H,14,15);2-7H,1H3,(H,12,15);4-7,12H,3,8H2,1-2H3;2-5H,8H2,1H3. The number of aryl methyl sites for hydroxylation is 8. The fourth-order valence-corrected chi connectivity index (χ4v) is 13.0. The van der Waals surface area contributed by atoms with Gasteiger partial charge in [0.05, 0.1) is 32.1 Å². The van der Waals surface area contributed by atoms with Crippen LogP contribution in [0.4, 0.5) is 27.1 Å². The van der Waals surface area contributed by atoms with Gasteiger partial charge in [-0.15, -0.1) is 0 Å². The quantitative estimate of drug-likeness (QED) is 0.00752. The first-order valence-corrected chi connectivity index (χ1v) is 42.6. The lowest BCUT2D eigenvalue weighted by Crippen LogP contribution is -2.34. The van der Waals surface area contributed by atoms with Crippen LogP contribution in [0.5, 0.6) is 0 Å². The number of aromatic amines is 5. The number of carbonyl (C=O) groups is 7. The lowest BCUT2D eigenvalue weighted by atomic mass is 10.2. The number of ether oxygens (including phenoxy) is 3. The number of amides is 2. The van der Waals surface area contributed by atoms with Gasteiger partial charge in [0.1, 0.15) is 42.7 Å². The summed E-state index contributed by atoms with van der Waals surface area (Å²) in [7, 11) is 1.53. The minimum atomic E-state index is -1.01. The fourth-order valence-electron chi connectivity index (χ4n) is 11.7. The maximum absolute atomic E-state index is 12.9. The molecule has 27 nitrogen and oxygen atoms in total. The number of carboxylic acids is 1. The maximum atomic E-state index is 12.9. The molecule has 14 aromatic rings. The molecule has 5 aromatic heterocycles. The number of aromatic nitrogens is 10. The van der Waals surface area contributed by atoms with E-state index in [9.17, 15) is 38.0 Å². The second-order valence-corrected chi connectivity index (χ2v) is 30.7. The van der Waals surface area contributed by atoms with Crippen molar-refractivity contribution in [2.24, 2.45) is 0 Å². The molecular weight excluding hydrogens is 1730 g/mol. The molecule has 0 saturated carbocycles. The number of carboxylic acid groups (broad SMARTS) is 1. The van der Waals surface area contributed by atoms with Crippen LogP contribution in [-0.4, -0.2) is 152 Å². The molecule has 5 heterocycles. The van der Waals surface area contributed by atoms with E-state index < -0.39 is 11.9 Å². The average Bonchev–Trinajstić information content (AvgIpc) is 1.71. The van der Waals surface area contributed by atoms with Crippen molar-refractivity contribution in [1.29, 1.82) is 0 Å². The number of rotatable bonds is 22. The molecule has 0 fully saturated rings. The molecule has 0 radical (unpaired) electrons. The van der Waals surface area contributed by atoms with Gasteiger partial charge in [-0.2, -0.15) is 0 Å². The number of aromatic carboxylic acids is 1. The zero-order chi connectivity index (χ0) is 94.4. The van der Waals surface area contributed by atoms with Crippen LogP contribution in [0.3, 0.4) is 0 Å². The van der Waals surface area contributed by atoms with Gasteiger partial charge in [0.15, 0.2) is 35.8 Å². The van der Waals surface area contributed by atoms with Crippen molar-refractivity contribution in [3.8, 4) is 28.4 Å². The van der Waals surface area contributed by atoms with Gasteiger partial charge in [-0.05, 0) is 259 Å². The predicted molar refractivity (Wildman–Crippen MR) is 517 cm³/mol. The molecule has 0 atom stereocenters. The molecule has 0 bridgehead atoms. The molecule has 0 aliphatic carbocycles. The van der Waals surface area contributed by atoms with E-state index in [0.717, 1.165) is 79.7 Å². The number of aldehydes is 1. The first kappa shape index (κ1) is 102. The van der Waals surface area contributed by atoms with Crippen LogP contribution in [0.2, 0.25) is 0 Å². The summed E-state index contributed by atoms with van der Waals surface area (Å²) in [6, 6.07) is 68.4. The Kier molecular flexibility index (Phi) is 40.7. The van der Waals surface area contributed by atoms with Crippen LogP contribution in [0, 0.1) is 85.1 Å². The first-order chi connectivity index (χ1) is 61.7. The maximum Gasteiger partial charge on any atom is 0.356 e. The van der Waals surface area contributed by atoms with Gasteiger partial charge < -0.3 is 75.5 Å². The highest BCUT2D eigenvalue weighted by atomic mass is 32.1. The van der Waals surface area contributed by atoms with E-state index in [-0.39, 0.29) is 55.1 Å².